The van der Waals surface area contributed by atoms with Crippen molar-refractivity contribution in [2.24, 2.45) is 5.92 Å². The number of nitrogens with zero attached hydrogens (tertiary/aromatic N) is 4. The Morgan fingerprint density at radius 1 is 0.974 bits per heavy atom. The number of amides is 3. The number of carbonyl (C=O) groups excluding carboxylic acids is 3. The third-order valence-corrected chi connectivity index (χ3v) is 8.25. The van der Waals surface area contributed by atoms with E-state index in [0.29, 0.717) is 39.1 Å². The van der Waals surface area contributed by atoms with Crippen molar-refractivity contribution >= 4 is 23.4 Å². The lowest BCUT2D eigenvalue weighted by Crippen LogP contribution is -2.58. The fraction of sp³-hybridized carbons (Fsp3) is 0.516. The summed E-state index contributed by atoms with van der Waals surface area (Å²) in [6.07, 6.45) is 5.06. The van der Waals surface area contributed by atoms with E-state index in [9.17, 15) is 14.4 Å². The quantitative estimate of drug-likeness (QED) is 0.464. The van der Waals surface area contributed by atoms with Crippen LogP contribution in [0.4, 0.5) is 5.69 Å². The molecule has 0 saturated carbocycles. The van der Waals surface area contributed by atoms with Gasteiger partial charge in [-0.15, -0.1) is 0 Å². The maximum atomic E-state index is 14.0. The van der Waals surface area contributed by atoms with E-state index in [0.717, 1.165) is 36.9 Å². The molecule has 2 fully saturated rings. The summed E-state index contributed by atoms with van der Waals surface area (Å²) < 4.78 is 0. The van der Waals surface area contributed by atoms with Gasteiger partial charge in [0.1, 0.15) is 12.1 Å². The molecule has 2 aliphatic heterocycles. The van der Waals surface area contributed by atoms with Gasteiger partial charge in [-0.25, -0.2) is 0 Å². The van der Waals surface area contributed by atoms with Crippen molar-refractivity contribution in [2.75, 3.05) is 38.3 Å². The molecular weight excluding hydrogens is 476 g/mol. The Morgan fingerprint density at radius 2 is 1.61 bits per heavy atom. The standard InChI is InChI=1S/C31H42N4O3/c1-4-6-15-26(5-2)29(37)33-20-18-31(19-21-33)30(38)34(24-35(31)27-16-11-8-12-17-27)23-28(36)32(3)22-25-13-9-7-10-14-25/h7-14,16-17,26H,4-6,15,18-24H2,1-3H3. The summed E-state index contributed by atoms with van der Waals surface area (Å²) in [6, 6.07) is 19.9. The Morgan fingerprint density at radius 3 is 2.21 bits per heavy atom. The Bertz CT molecular complexity index is 1080. The molecule has 1 unspecified atom stereocenters. The molecule has 7 nitrogen and oxygen atoms in total. The lowest BCUT2D eigenvalue weighted by Gasteiger charge is -2.44. The third kappa shape index (κ3) is 5.87. The summed E-state index contributed by atoms with van der Waals surface area (Å²) in [5, 5.41) is 0. The van der Waals surface area contributed by atoms with Crippen LogP contribution in [-0.2, 0) is 20.9 Å². The van der Waals surface area contributed by atoms with Gasteiger partial charge in [0.15, 0.2) is 0 Å². The maximum absolute atomic E-state index is 14.0. The van der Waals surface area contributed by atoms with E-state index < -0.39 is 5.54 Å². The summed E-state index contributed by atoms with van der Waals surface area (Å²) >= 11 is 0. The number of hydrogen-bond donors (Lipinski definition) is 0. The van der Waals surface area contributed by atoms with Crippen molar-refractivity contribution in [3.05, 3.63) is 66.2 Å². The van der Waals surface area contributed by atoms with Gasteiger partial charge in [0.05, 0.1) is 6.67 Å². The van der Waals surface area contributed by atoms with Crippen LogP contribution in [0.15, 0.2) is 60.7 Å². The fourth-order valence-electron chi connectivity index (χ4n) is 5.86. The van der Waals surface area contributed by atoms with Crippen molar-refractivity contribution < 1.29 is 14.4 Å². The highest BCUT2D eigenvalue weighted by Crippen LogP contribution is 2.40. The molecule has 2 aromatic rings. The van der Waals surface area contributed by atoms with Gasteiger partial charge in [-0.3, -0.25) is 14.4 Å². The van der Waals surface area contributed by atoms with Gasteiger partial charge in [0, 0.05) is 38.3 Å². The van der Waals surface area contributed by atoms with Crippen molar-refractivity contribution in [1.82, 2.24) is 14.7 Å². The average Bonchev–Trinajstić information content (AvgIpc) is 3.20. The van der Waals surface area contributed by atoms with E-state index in [1.165, 1.54) is 0 Å². The highest BCUT2D eigenvalue weighted by atomic mass is 16.2. The van der Waals surface area contributed by atoms with Gasteiger partial charge in [0.2, 0.25) is 11.8 Å². The lowest BCUT2D eigenvalue weighted by atomic mass is 9.84. The largest absolute Gasteiger partial charge is 0.342 e. The molecule has 3 amide bonds. The van der Waals surface area contributed by atoms with Gasteiger partial charge >= 0.3 is 0 Å². The minimum absolute atomic E-state index is 0.00654. The SMILES string of the molecule is CCCCC(CC)C(=O)N1CCC2(CC1)C(=O)N(CC(=O)N(C)Cc1ccccc1)CN2c1ccccc1. The van der Waals surface area contributed by atoms with Gasteiger partial charge < -0.3 is 19.6 Å². The highest BCUT2D eigenvalue weighted by Gasteiger charge is 2.54. The molecule has 2 aliphatic rings. The molecule has 1 atom stereocenters. The van der Waals surface area contributed by atoms with Gasteiger partial charge in [-0.1, -0.05) is 75.2 Å². The molecule has 204 valence electrons. The first-order chi connectivity index (χ1) is 18.4. The molecule has 7 heteroatoms. The maximum Gasteiger partial charge on any atom is 0.250 e. The molecule has 0 bridgehead atoms. The van der Waals surface area contributed by atoms with Gasteiger partial charge in [0.25, 0.3) is 5.91 Å². The van der Waals surface area contributed by atoms with Gasteiger partial charge in [-0.2, -0.15) is 0 Å². The predicted molar refractivity (Wildman–Crippen MR) is 150 cm³/mol. The van der Waals surface area contributed by atoms with E-state index in [1.54, 1.807) is 16.8 Å². The summed E-state index contributed by atoms with van der Waals surface area (Å²) in [7, 11) is 1.79. The van der Waals surface area contributed by atoms with E-state index >= 15 is 0 Å². The highest BCUT2D eigenvalue weighted by molar-refractivity contribution is 5.96. The Balaban J connectivity index is 1.48. The van der Waals surface area contributed by atoms with Crippen LogP contribution in [0.25, 0.3) is 0 Å². The first-order valence-electron chi connectivity index (χ1n) is 14.1. The number of piperidine rings is 1. The molecule has 0 N–H and O–H groups in total. The van der Waals surface area contributed by atoms with E-state index in [-0.39, 0.29) is 30.2 Å². The molecule has 0 aromatic heterocycles. The minimum Gasteiger partial charge on any atom is -0.342 e. The summed E-state index contributed by atoms with van der Waals surface area (Å²) in [4.78, 5) is 47.9. The van der Waals surface area contributed by atoms with E-state index in [1.807, 2.05) is 65.6 Å². The normalized spacial score (nSPS) is 17.7. The number of unbranched alkanes of at least 4 members (excludes halogenated alkanes) is 1. The van der Waals surface area contributed by atoms with E-state index in [2.05, 4.69) is 18.7 Å². The molecule has 0 aliphatic carbocycles. The summed E-state index contributed by atoms with van der Waals surface area (Å²) in [5.74, 6) is 0.194. The van der Waals surface area contributed by atoms with Crippen LogP contribution in [0.3, 0.4) is 0 Å². The van der Waals surface area contributed by atoms with Crippen LogP contribution in [0, 0.1) is 5.92 Å². The zero-order chi connectivity index (χ0) is 27.1. The summed E-state index contributed by atoms with van der Waals surface area (Å²) in [5.41, 5.74) is 1.30. The molecule has 2 saturated heterocycles. The lowest BCUT2D eigenvalue weighted by molar-refractivity contribution is -0.143. The topological polar surface area (TPSA) is 64.2 Å². The predicted octanol–water partition coefficient (Wildman–Crippen LogP) is 4.53. The molecule has 2 aromatic carbocycles. The molecule has 38 heavy (non-hydrogen) atoms. The Hall–Kier alpha value is -3.35. The molecule has 4 rings (SSSR count). The monoisotopic (exact) mass is 518 g/mol. The number of anilines is 1. The minimum atomic E-state index is -0.735. The number of carbonyl (C=O) groups is 3. The van der Waals surface area contributed by atoms with Crippen LogP contribution in [0.1, 0.15) is 57.9 Å². The molecular formula is C31H42N4O3. The molecule has 1 spiro atoms. The molecule has 0 radical (unpaired) electrons. The molecule has 2 heterocycles. The average molecular weight is 519 g/mol. The number of likely N-dealkylation sites (N-methyl/N-ethyl adjacent to an activating group) is 1. The second-order valence-corrected chi connectivity index (χ2v) is 10.7. The first-order valence-corrected chi connectivity index (χ1v) is 14.1. The number of hydrogen-bond acceptors (Lipinski definition) is 4. The summed E-state index contributed by atoms with van der Waals surface area (Å²) in [6.45, 7) is 6.29. The van der Waals surface area contributed by atoms with E-state index in [4.69, 9.17) is 0 Å². The van der Waals surface area contributed by atoms with Crippen LogP contribution < -0.4 is 4.90 Å². The van der Waals surface area contributed by atoms with Crippen molar-refractivity contribution in [3.63, 3.8) is 0 Å². The third-order valence-electron chi connectivity index (χ3n) is 8.25. The van der Waals surface area contributed by atoms with Crippen molar-refractivity contribution in [2.45, 2.75) is 64.5 Å². The number of rotatable bonds is 10. The number of likely N-dealkylation sites (tertiary alicyclic amines) is 1. The van der Waals surface area contributed by atoms with Crippen LogP contribution >= 0.6 is 0 Å². The second kappa shape index (κ2) is 12.5. The number of benzene rings is 2. The smallest absolute Gasteiger partial charge is 0.250 e. The fourth-order valence-corrected chi connectivity index (χ4v) is 5.86. The van der Waals surface area contributed by atoms with Crippen molar-refractivity contribution in [1.29, 1.82) is 0 Å². The zero-order valence-corrected chi connectivity index (χ0v) is 23.1. The second-order valence-electron chi connectivity index (χ2n) is 10.7. The number of para-hydroxylation sites is 1. The Kier molecular flexibility index (Phi) is 9.08. The van der Waals surface area contributed by atoms with Crippen LogP contribution in [0.5, 0.6) is 0 Å². The van der Waals surface area contributed by atoms with Crippen LogP contribution in [-0.4, -0.2) is 71.3 Å². The van der Waals surface area contributed by atoms with Gasteiger partial charge in [-0.05, 0) is 43.4 Å². The van der Waals surface area contributed by atoms with Crippen molar-refractivity contribution in [3.8, 4) is 0 Å². The van der Waals surface area contributed by atoms with Crippen LogP contribution in [0.2, 0.25) is 0 Å². The zero-order valence-electron chi connectivity index (χ0n) is 23.1. The first kappa shape index (κ1) is 27.7. The Labute approximate surface area is 227 Å².